The largest absolute Gasteiger partial charge is 2.00 e. The summed E-state index contributed by atoms with van der Waals surface area (Å²) in [5, 5.41) is 0. The van der Waals surface area contributed by atoms with E-state index in [0.29, 0.717) is 0 Å². The van der Waals surface area contributed by atoms with Crippen molar-refractivity contribution in [1.82, 2.24) is 0 Å². The Bertz CT molecular complexity index is 5.51. The molecule has 6 heavy (non-hydrogen) atoms. The molecule has 0 nitrogen and oxygen atoms in total. The fourth-order valence-corrected chi connectivity index (χ4v) is 0. The molecule has 0 aliphatic heterocycles. The maximum absolute atomic E-state index is 0. The summed E-state index contributed by atoms with van der Waals surface area (Å²) in [7, 11) is 0. The molecule has 0 aromatic heterocycles. The average Bonchev–Trinajstić information content (AvgIpc) is 0. The third-order valence-electron chi connectivity index (χ3n) is 0. The third kappa shape index (κ3) is 25.2. The minimum atomic E-state index is 0. The van der Waals surface area contributed by atoms with Gasteiger partial charge in [0.15, 0.2) is 0 Å². The maximum atomic E-state index is 0. The summed E-state index contributed by atoms with van der Waals surface area (Å²) in [5.41, 5.74) is 0. The van der Waals surface area contributed by atoms with E-state index >= 15 is 0 Å². The van der Waals surface area contributed by atoms with E-state index in [4.69, 9.17) is 0 Å². The van der Waals surface area contributed by atoms with Gasteiger partial charge in [-0.05, 0) is 0 Å². The molecule has 0 bridgehead atoms. The molecule has 0 saturated heterocycles. The smallest absolute Gasteiger partial charge is 2.00 e. The van der Waals surface area contributed by atoms with Crippen molar-refractivity contribution in [2.24, 2.45) is 0 Å². The molecule has 28 valence electrons. The van der Waals surface area contributed by atoms with E-state index < -0.39 is 0 Å². The molecular formula is H8Ge4Mg2. The quantitative estimate of drug-likeness (QED) is 0.388. The molecule has 0 fully saturated rings. The molecule has 0 aromatic rings. The summed E-state index contributed by atoms with van der Waals surface area (Å²) in [6.45, 7) is 0. The van der Waals surface area contributed by atoms with E-state index in [-0.39, 0.29) is 116 Å². The van der Waals surface area contributed by atoms with Crippen LogP contribution in [0.2, 0.25) is 0 Å². The van der Waals surface area contributed by atoms with Crippen LogP contribution in [0.25, 0.3) is 0 Å². The average molecular weight is 347 g/mol. The third-order valence-corrected chi connectivity index (χ3v) is 0. The summed E-state index contributed by atoms with van der Waals surface area (Å²) in [6.07, 6.45) is 0. The molecule has 0 saturated carbocycles. The predicted molar refractivity (Wildman–Crippen MR) is 45.7 cm³/mol. The minimum absolute atomic E-state index is 0. The minimum Gasteiger partial charge on any atom is 2.00 e. The van der Waals surface area contributed by atoms with E-state index in [9.17, 15) is 0 Å². The fraction of sp³-hybridized carbons (Fsp3) is 0. The van der Waals surface area contributed by atoms with Crippen LogP contribution < -0.4 is 0 Å². The van der Waals surface area contributed by atoms with Gasteiger partial charge in [-0.3, -0.25) is 0 Å². The second kappa shape index (κ2) is 37.7. The Morgan fingerprint density at radius 2 is 0.333 bits per heavy atom. The Morgan fingerprint density at radius 3 is 0.333 bits per heavy atom. The Hall–Kier alpha value is 3.70. The first-order valence-corrected chi connectivity index (χ1v) is 0. The molecule has 0 heterocycles. The zero-order valence-electron chi connectivity index (χ0n) is 4.24. The van der Waals surface area contributed by atoms with Gasteiger partial charge in [0.25, 0.3) is 0 Å². The van der Waals surface area contributed by atoms with Crippen LogP contribution in [0.15, 0.2) is 0 Å². The van der Waals surface area contributed by atoms with Crippen LogP contribution in [0.3, 0.4) is 0 Å². The Balaban J connectivity index is 0. The van der Waals surface area contributed by atoms with Crippen LogP contribution in [-0.4, -0.2) is 116 Å². The van der Waals surface area contributed by atoms with Gasteiger partial charge in [-0.1, -0.05) is 0 Å². The van der Waals surface area contributed by atoms with Crippen LogP contribution in [0.5, 0.6) is 0 Å². The molecule has 4 radical (unpaired) electrons. The molecule has 0 aliphatic rings. The molecule has 0 unspecified atom stereocenters. The zero-order valence-corrected chi connectivity index (χ0v) is 18.9. The van der Waals surface area contributed by atoms with Crippen molar-refractivity contribution in [3.8, 4) is 0 Å². The van der Waals surface area contributed by atoms with Crippen molar-refractivity contribution in [1.29, 1.82) is 0 Å². The van der Waals surface area contributed by atoms with E-state index in [1.54, 1.807) is 0 Å². The topological polar surface area (TPSA) is 0 Å². The monoisotopic (exact) mass is 352 g/mol. The SMILES string of the molecule is [GeH2-].[GeH2-].[GeH2-].[GeH2-].[Mg+2].[Mg+2]. The van der Waals surface area contributed by atoms with Crippen LogP contribution in [0.4, 0.5) is 0 Å². The van der Waals surface area contributed by atoms with Crippen LogP contribution >= 0.6 is 0 Å². The van der Waals surface area contributed by atoms with Gasteiger partial charge in [0.2, 0.25) is 0 Å². The van der Waals surface area contributed by atoms with E-state index in [2.05, 4.69) is 0 Å². The van der Waals surface area contributed by atoms with E-state index in [0.717, 1.165) is 0 Å². The van der Waals surface area contributed by atoms with Crippen molar-refractivity contribution in [2.75, 3.05) is 0 Å². The standard InChI is InChI=1S/4GeH2.2Mg/h4*1H2;;/q4*-1;2*+2. The van der Waals surface area contributed by atoms with Gasteiger partial charge in [0, 0.05) is 0 Å². The molecule has 0 rings (SSSR count). The fourth-order valence-electron chi connectivity index (χ4n) is 0. The van der Waals surface area contributed by atoms with Crippen molar-refractivity contribution in [2.45, 2.75) is 0 Å². The number of rotatable bonds is 0. The first-order chi connectivity index (χ1) is 0. The number of hydrogen-bond donors (Lipinski definition) is 0. The summed E-state index contributed by atoms with van der Waals surface area (Å²) in [5.74, 6) is 0. The molecule has 0 amide bonds. The van der Waals surface area contributed by atoms with Gasteiger partial charge in [0.05, 0.1) is 0 Å². The van der Waals surface area contributed by atoms with Gasteiger partial charge < -0.3 is 0 Å². The van der Waals surface area contributed by atoms with Crippen LogP contribution in [-0.2, 0) is 0 Å². The normalized spacial score (nSPS) is 0. The molecule has 0 spiro atoms. The van der Waals surface area contributed by atoms with Gasteiger partial charge in [-0.15, -0.1) is 0 Å². The van der Waals surface area contributed by atoms with Crippen LogP contribution in [0.1, 0.15) is 0 Å². The summed E-state index contributed by atoms with van der Waals surface area (Å²) in [6, 6.07) is 0. The Labute approximate surface area is 114 Å². The first-order valence-electron chi connectivity index (χ1n) is 0. The van der Waals surface area contributed by atoms with Gasteiger partial charge in [0.1, 0.15) is 0 Å². The molecule has 6 heteroatoms. The predicted octanol–water partition coefficient (Wildman–Crippen LogP) is -4.43. The van der Waals surface area contributed by atoms with Crippen molar-refractivity contribution in [3.63, 3.8) is 0 Å². The summed E-state index contributed by atoms with van der Waals surface area (Å²) < 4.78 is 0. The van der Waals surface area contributed by atoms with Crippen molar-refractivity contribution < 1.29 is 0 Å². The Morgan fingerprint density at radius 1 is 0.333 bits per heavy atom. The summed E-state index contributed by atoms with van der Waals surface area (Å²) >= 11 is 0. The molecule has 0 N–H and O–H groups in total. The van der Waals surface area contributed by atoms with E-state index in [1.807, 2.05) is 0 Å². The van der Waals surface area contributed by atoms with Gasteiger partial charge in [-0.2, -0.15) is 0 Å². The van der Waals surface area contributed by atoms with E-state index in [1.165, 1.54) is 0 Å². The molecule has 0 aromatic carbocycles. The maximum Gasteiger partial charge on any atom is 2.00 e. The second-order valence-electron chi connectivity index (χ2n) is 0. The van der Waals surface area contributed by atoms with Crippen molar-refractivity contribution >= 4 is 116 Å². The Kier molecular flexibility index (Phi) is 336. The van der Waals surface area contributed by atoms with Gasteiger partial charge in [-0.25, -0.2) is 0 Å². The van der Waals surface area contributed by atoms with Crippen LogP contribution in [0, 0.1) is 0 Å². The molecule has 0 atom stereocenters. The second-order valence-corrected chi connectivity index (χ2v) is 0. The van der Waals surface area contributed by atoms with Gasteiger partial charge >= 0.3 is 116 Å². The first kappa shape index (κ1) is 53.6. The number of hydrogen-bond acceptors (Lipinski definition) is 0. The summed E-state index contributed by atoms with van der Waals surface area (Å²) in [4.78, 5) is 0. The molecule has 0 aliphatic carbocycles. The molecular weight excluding hydrogens is 339 g/mol. The van der Waals surface area contributed by atoms with Crippen molar-refractivity contribution in [3.05, 3.63) is 0 Å². The zero-order chi connectivity index (χ0) is 0.